The molecule has 2 aromatic carbocycles. The van der Waals surface area contributed by atoms with Crippen molar-refractivity contribution in [2.75, 3.05) is 6.54 Å². The van der Waals surface area contributed by atoms with Crippen molar-refractivity contribution in [2.45, 2.75) is 24.7 Å². The summed E-state index contributed by atoms with van der Waals surface area (Å²) in [4.78, 5) is 16.8. The van der Waals surface area contributed by atoms with Gasteiger partial charge in [-0.15, -0.1) is 13.2 Å². The predicted molar refractivity (Wildman–Crippen MR) is 123 cm³/mol. The van der Waals surface area contributed by atoms with Crippen molar-refractivity contribution in [1.82, 2.24) is 14.6 Å². The summed E-state index contributed by atoms with van der Waals surface area (Å²) in [6.45, 7) is 4.95. The highest BCUT2D eigenvalue weighted by Crippen LogP contribution is 2.27. The number of hydrogen-bond donors (Lipinski definition) is 1. The van der Waals surface area contributed by atoms with Crippen LogP contribution in [0.1, 0.15) is 12.5 Å². The zero-order valence-corrected chi connectivity index (χ0v) is 19.7. The molecular weight excluding hydrogens is 502 g/mol. The zero-order chi connectivity index (χ0) is 26.5. The fraction of sp³-hybridized carbons (Fsp3) is 0.167. The summed E-state index contributed by atoms with van der Waals surface area (Å²) >= 11 is 0. The first-order valence-corrected chi connectivity index (χ1v) is 11.9. The Morgan fingerprint density at radius 2 is 1.72 bits per heavy atom. The van der Waals surface area contributed by atoms with Gasteiger partial charge in [-0.3, -0.25) is 14.1 Å². The number of hydrogen-bond acceptors (Lipinski definition) is 5. The second-order valence-electron chi connectivity index (χ2n) is 7.34. The summed E-state index contributed by atoms with van der Waals surface area (Å²) in [7, 11) is -4.16. The first-order chi connectivity index (χ1) is 16.9. The van der Waals surface area contributed by atoms with E-state index in [0.29, 0.717) is 16.8 Å². The van der Waals surface area contributed by atoms with Crippen LogP contribution in [-0.2, 0) is 21.4 Å². The van der Waals surface area contributed by atoms with Gasteiger partial charge in [-0.1, -0.05) is 12.6 Å². The van der Waals surface area contributed by atoms with Crippen LogP contribution in [0.5, 0.6) is 5.75 Å². The molecule has 0 saturated carbocycles. The van der Waals surface area contributed by atoms with Gasteiger partial charge in [-0.05, 0) is 67.1 Å². The monoisotopic (exact) mass is 523 g/mol. The number of nitrogens with zero attached hydrogens (tertiary/aromatic N) is 2. The lowest BCUT2D eigenvalue weighted by Gasteiger charge is -2.24. The molecule has 3 rings (SSSR count). The second kappa shape index (κ2) is 10.8. The standard InChI is InChI=1S/C24H21F4N3O4S/c1-3-31(36(33,34)21-12-8-19(25)9-13-21)16(2)23(32)30-15-18-5-4-14-29-22(18)17-6-10-20(11-7-17)35-24(26,27)28/h4-14H,2-3,15H2,1H3,(H,30,32). The highest BCUT2D eigenvalue weighted by molar-refractivity contribution is 7.89. The molecule has 0 radical (unpaired) electrons. The lowest BCUT2D eigenvalue weighted by Crippen LogP contribution is -2.38. The molecule has 12 heteroatoms. The van der Waals surface area contributed by atoms with Gasteiger partial charge in [0.2, 0.25) is 0 Å². The Bertz CT molecular complexity index is 1340. The van der Waals surface area contributed by atoms with E-state index in [0.717, 1.165) is 40.7 Å². The SMILES string of the molecule is C=C(C(=O)NCc1cccnc1-c1ccc(OC(F)(F)F)cc1)N(CC)S(=O)(=O)c1ccc(F)cc1. The summed E-state index contributed by atoms with van der Waals surface area (Å²) in [5, 5.41) is 2.58. The lowest BCUT2D eigenvalue weighted by atomic mass is 10.1. The minimum Gasteiger partial charge on any atom is -0.406 e. The van der Waals surface area contributed by atoms with E-state index < -0.39 is 33.9 Å². The average molecular weight is 524 g/mol. The number of ether oxygens (including phenoxy) is 1. The Kier molecular flexibility index (Phi) is 7.98. The molecule has 0 unspecified atom stereocenters. The molecule has 1 heterocycles. The van der Waals surface area contributed by atoms with Crippen molar-refractivity contribution < 1.29 is 35.5 Å². The van der Waals surface area contributed by atoms with Gasteiger partial charge in [0, 0.05) is 24.8 Å². The molecule has 1 N–H and O–H groups in total. The summed E-state index contributed by atoms with van der Waals surface area (Å²) in [5.41, 5.74) is 1.05. The fourth-order valence-corrected chi connectivity index (χ4v) is 4.73. The number of benzene rings is 2. The Morgan fingerprint density at radius 1 is 1.08 bits per heavy atom. The van der Waals surface area contributed by atoms with Gasteiger partial charge >= 0.3 is 6.36 Å². The van der Waals surface area contributed by atoms with E-state index >= 15 is 0 Å². The molecule has 0 fully saturated rings. The molecule has 1 aromatic heterocycles. The normalized spacial score (nSPS) is 11.6. The molecular formula is C24H21F4N3O4S. The molecule has 0 spiro atoms. The highest BCUT2D eigenvalue weighted by atomic mass is 32.2. The van der Waals surface area contributed by atoms with Gasteiger partial charge in [-0.25, -0.2) is 12.8 Å². The molecule has 1 amide bonds. The number of carbonyl (C=O) groups is 1. The number of pyridine rings is 1. The van der Waals surface area contributed by atoms with Crippen LogP contribution < -0.4 is 10.1 Å². The maximum absolute atomic E-state index is 13.2. The third-order valence-corrected chi connectivity index (χ3v) is 6.87. The average Bonchev–Trinajstić information content (AvgIpc) is 2.82. The van der Waals surface area contributed by atoms with Crippen LogP contribution in [-0.4, -0.2) is 36.5 Å². The van der Waals surface area contributed by atoms with Gasteiger partial charge in [0.15, 0.2) is 0 Å². The number of likely N-dealkylation sites (N-methyl/N-ethyl adjacent to an activating group) is 1. The van der Waals surface area contributed by atoms with Gasteiger partial charge in [0.25, 0.3) is 15.9 Å². The smallest absolute Gasteiger partial charge is 0.406 e. The number of amides is 1. The summed E-state index contributed by atoms with van der Waals surface area (Å²) in [5.74, 6) is -1.77. The second-order valence-corrected chi connectivity index (χ2v) is 9.20. The Labute approximate surface area is 205 Å². The number of rotatable bonds is 9. The van der Waals surface area contributed by atoms with Crippen LogP contribution in [0.15, 0.2) is 84.0 Å². The number of halogens is 4. The van der Waals surface area contributed by atoms with E-state index in [1.807, 2.05) is 0 Å². The highest BCUT2D eigenvalue weighted by Gasteiger charge is 2.31. The van der Waals surface area contributed by atoms with E-state index in [9.17, 15) is 30.8 Å². The fourth-order valence-electron chi connectivity index (χ4n) is 3.29. The largest absolute Gasteiger partial charge is 0.573 e. The van der Waals surface area contributed by atoms with Gasteiger partial charge in [-0.2, -0.15) is 0 Å². The Hall–Kier alpha value is -3.93. The summed E-state index contributed by atoms with van der Waals surface area (Å²) < 4.78 is 80.9. The van der Waals surface area contributed by atoms with Crippen LogP contribution >= 0.6 is 0 Å². The van der Waals surface area contributed by atoms with E-state index in [4.69, 9.17) is 0 Å². The van der Waals surface area contributed by atoms with Crippen molar-refractivity contribution in [3.8, 4) is 17.0 Å². The lowest BCUT2D eigenvalue weighted by molar-refractivity contribution is -0.274. The van der Waals surface area contributed by atoms with Crippen molar-refractivity contribution >= 4 is 15.9 Å². The van der Waals surface area contributed by atoms with Crippen LogP contribution in [0.4, 0.5) is 17.6 Å². The topological polar surface area (TPSA) is 88.6 Å². The molecule has 0 aliphatic heterocycles. The van der Waals surface area contributed by atoms with Gasteiger partial charge in [0.1, 0.15) is 17.3 Å². The first kappa shape index (κ1) is 26.7. The molecule has 190 valence electrons. The first-order valence-electron chi connectivity index (χ1n) is 10.5. The number of sulfonamides is 1. The number of alkyl halides is 3. The maximum Gasteiger partial charge on any atom is 0.573 e. The van der Waals surface area contributed by atoms with E-state index in [-0.39, 0.29) is 23.7 Å². The van der Waals surface area contributed by atoms with E-state index in [1.165, 1.54) is 25.3 Å². The quantitative estimate of drug-likeness (QED) is 0.327. The van der Waals surface area contributed by atoms with Crippen LogP contribution in [0.2, 0.25) is 0 Å². The van der Waals surface area contributed by atoms with E-state index in [2.05, 4.69) is 21.6 Å². The molecule has 0 aliphatic rings. The maximum atomic E-state index is 13.2. The minimum atomic E-state index is -4.82. The van der Waals surface area contributed by atoms with Crippen molar-refractivity contribution in [3.05, 3.63) is 90.5 Å². The third-order valence-electron chi connectivity index (χ3n) is 4.94. The Morgan fingerprint density at radius 3 is 2.31 bits per heavy atom. The number of carbonyl (C=O) groups excluding carboxylic acids is 1. The molecule has 7 nitrogen and oxygen atoms in total. The van der Waals surface area contributed by atoms with E-state index in [1.54, 1.807) is 12.1 Å². The number of nitrogens with one attached hydrogen (secondary N) is 1. The predicted octanol–water partition coefficient (Wildman–Crippen LogP) is 4.63. The summed E-state index contributed by atoms with van der Waals surface area (Å²) in [6.07, 6.45) is -3.34. The third kappa shape index (κ3) is 6.39. The van der Waals surface area contributed by atoms with Gasteiger partial charge < -0.3 is 10.1 Å². The van der Waals surface area contributed by atoms with Crippen molar-refractivity contribution in [2.24, 2.45) is 0 Å². The molecule has 0 atom stereocenters. The number of aromatic nitrogens is 1. The molecule has 0 bridgehead atoms. The van der Waals surface area contributed by atoms with Crippen molar-refractivity contribution in [1.29, 1.82) is 0 Å². The molecule has 3 aromatic rings. The van der Waals surface area contributed by atoms with Crippen LogP contribution in [0, 0.1) is 5.82 Å². The summed E-state index contributed by atoms with van der Waals surface area (Å²) in [6, 6.07) is 12.5. The van der Waals surface area contributed by atoms with Crippen molar-refractivity contribution in [3.63, 3.8) is 0 Å². The zero-order valence-electron chi connectivity index (χ0n) is 18.9. The minimum absolute atomic E-state index is 0.0734. The van der Waals surface area contributed by atoms with Crippen LogP contribution in [0.3, 0.4) is 0 Å². The van der Waals surface area contributed by atoms with Gasteiger partial charge in [0.05, 0.1) is 10.6 Å². The Balaban J connectivity index is 1.74. The molecule has 0 saturated heterocycles. The van der Waals surface area contributed by atoms with Crippen LogP contribution in [0.25, 0.3) is 11.3 Å². The molecule has 0 aliphatic carbocycles. The molecule has 36 heavy (non-hydrogen) atoms.